The summed E-state index contributed by atoms with van der Waals surface area (Å²) in [6, 6.07) is 19.1. The Kier molecular flexibility index (Phi) is 8.75. The zero-order chi connectivity index (χ0) is 26.5. The van der Waals surface area contributed by atoms with Crippen LogP contribution in [0, 0.1) is 19.7 Å². The largest absolute Gasteiger partial charge is 0.478 e. The van der Waals surface area contributed by atoms with Crippen molar-refractivity contribution in [3.63, 3.8) is 0 Å². The predicted octanol–water partition coefficient (Wildman–Crippen LogP) is 5.95. The minimum atomic E-state index is -0.928. The Bertz CT molecular complexity index is 1240. The van der Waals surface area contributed by atoms with Crippen molar-refractivity contribution in [3.8, 4) is 11.1 Å². The van der Waals surface area contributed by atoms with Crippen molar-refractivity contribution in [2.45, 2.75) is 58.3 Å². The van der Waals surface area contributed by atoms with E-state index in [1.165, 1.54) is 0 Å². The highest BCUT2D eigenvalue weighted by molar-refractivity contribution is 5.90. The minimum Gasteiger partial charge on any atom is -0.478 e. The summed E-state index contributed by atoms with van der Waals surface area (Å²) in [5, 5.41) is 20.0. The summed E-state index contributed by atoms with van der Waals surface area (Å²) in [5.74, 6) is -1.09. The zero-order valence-corrected chi connectivity index (χ0v) is 21.8. The number of aliphatic hydroxyl groups excluding tert-OH is 1. The van der Waals surface area contributed by atoms with E-state index in [9.17, 15) is 19.4 Å². The molecule has 0 aromatic heterocycles. The molecule has 196 valence electrons. The molecule has 0 aliphatic carbocycles. The number of aliphatic hydroxyl groups is 1. The van der Waals surface area contributed by atoms with Gasteiger partial charge in [-0.3, -0.25) is 4.90 Å². The third kappa shape index (κ3) is 6.83. The third-order valence-corrected chi connectivity index (χ3v) is 7.34. The molecule has 0 radical (unpaired) electrons. The fraction of sp³-hybridized carbons (Fsp3) is 0.387. The Morgan fingerprint density at radius 2 is 1.86 bits per heavy atom. The van der Waals surface area contributed by atoms with Crippen molar-refractivity contribution in [3.05, 3.63) is 94.3 Å². The summed E-state index contributed by atoms with van der Waals surface area (Å²) in [5.41, 5.74) is 5.60. The molecule has 1 saturated heterocycles. The quantitative estimate of drug-likeness (QED) is 0.356. The fourth-order valence-electron chi connectivity index (χ4n) is 5.13. The minimum absolute atomic E-state index is 0.166. The number of nitrogens with zero attached hydrogens (tertiary/aromatic N) is 1. The summed E-state index contributed by atoms with van der Waals surface area (Å²) in [4.78, 5) is 13.6. The molecule has 0 saturated carbocycles. The van der Waals surface area contributed by atoms with Crippen LogP contribution in [0.1, 0.15) is 58.5 Å². The molecule has 3 atom stereocenters. The average Bonchev–Trinajstić information content (AvgIpc) is 3.30. The number of likely N-dealkylation sites (tertiary alicyclic amines) is 1. The summed E-state index contributed by atoms with van der Waals surface area (Å²) in [6.07, 6.45) is 2.06. The smallest absolute Gasteiger partial charge is 0.335 e. The van der Waals surface area contributed by atoms with Crippen LogP contribution in [-0.4, -0.2) is 52.9 Å². The number of hydrogen-bond acceptors (Lipinski definition) is 4. The molecule has 3 aromatic rings. The molecule has 4 rings (SSSR count). The first-order valence-electron chi connectivity index (χ1n) is 12.9. The Morgan fingerprint density at radius 1 is 1.08 bits per heavy atom. The Morgan fingerprint density at radius 3 is 2.59 bits per heavy atom. The lowest BCUT2D eigenvalue weighted by atomic mass is 9.97. The maximum atomic E-state index is 14.0. The number of benzene rings is 3. The topological polar surface area (TPSA) is 70.0 Å². The molecule has 37 heavy (non-hydrogen) atoms. The molecule has 1 aliphatic heterocycles. The monoisotopic (exact) mass is 505 g/mol. The second-order valence-corrected chi connectivity index (χ2v) is 10.2. The summed E-state index contributed by atoms with van der Waals surface area (Å²) < 4.78 is 20.0. The molecule has 5 nitrogen and oxygen atoms in total. The number of carboxylic acids is 1. The normalized spacial score (nSPS) is 17.6. The molecular weight excluding hydrogens is 469 g/mol. The number of aromatic carboxylic acids is 1. The molecule has 6 heteroatoms. The first kappa shape index (κ1) is 27.0. The maximum Gasteiger partial charge on any atom is 0.335 e. The van der Waals surface area contributed by atoms with E-state index in [1.807, 2.05) is 55.5 Å². The highest BCUT2D eigenvalue weighted by atomic mass is 19.1. The van der Waals surface area contributed by atoms with Gasteiger partial charge in [0.1, 0.15) is 5.82 Å². The molecular formula is C31H36FNO4. The van der Waals surface area contributed by atoms with Crippen molar-refractivity contribution in [2.24, 2.45) is 0 Å². The van der Waals surface area contributed by atoms with Gasteiger partial charge in [0.25, 0.3) is 0 Å². The summed E-state index contributed by atoms with van der Waals surface area (Å²) in [7, 11) is 0. The molecule has 0 spiro atoms. The van der Waals surface area contributed by atoms with E-state index in [-0.39, 0.29) is 18.5 Å². The first-order chi connectivity index (χ1) is 17.7. The van der Waals surface area contributed by atoms with Crippen LogP contribution in [-0.2, 0) is 11.2 Å². The van der Waals surface area contributed by atoms with Crippen molar-refractivity contribution in [1.29, 1.82) is 0 Å². The van der Waals surface area contributed by atoms with Gasteiger partial charge >= 0.3 is 5.97 Å². The van der Waals surface area contributed by atoms with Gasteiger partial charge in [-0.15, -0.1) is 0 Å². The summed E-state index contributed by atoms with van der Waals surface area (Å²) >= 11 is 0. The van der Waals surface area contributed by atoms with E-state index in [0.29, 0.717) is 23.7 Å². The standard InChI is InChI=1S/C31H36FNO4/c1-20-9-10-23(16-30(20)32)15-27-8-5-13-33(27)18-28(34)19-37-22(3)24-6-4-7-25(17-24)26-11-12-29(31(35)36)21(2)14-26/h4,6-7,9-12,14,16-17,22,27-28,34H,5,8,13,15,18-19H2,1-3H3,(H,35,36)/t22-,27+,28-/m1/s1. The second kappa shape index (κ2) is 12.0. The summed E-state index contributed by atoms with van der Waals surface area (Å²) in [6.45, 7) is 7.21. The lowest BCUT2D eigenvalue weighted by Crippen LogP contribution is -2.39. The zero-order valence-electron chi connectivity index (χ0n) is 21.8. The van der Waals surface area contributed by atoms with E-state index in [2.05, 4.69) is 4.90 Å². The van der Waals surface area contributed by atoms with Gasteiger partial charge in [-0.25, -0.2) is 9.18 Å². The number of carbonyl (C=O) groups is 1. The van der Waals surface area contributed by atoms with Crippen LogP contribution in [0.4, 0.5) is 4.39 Å². The fourth-order valence-corrected chi connectivity index (χ4v) is 5.13. The molecule has 1 heterocycles. The van der Waals surface area contributed by atoms with E-state index < -0.39 is 12.1 Å². The number of halogens is 1. The van der Waals surface area contributed by atoms with Gasteiger partial charge in [0, 0.05) is 12.6 Å². The van der Waals surface area contributed by atoms with Gasteiger partial charge in [-0.1, -0.05) is 42.5 Å². The van der Waals surface area contributed by atoms with Crippen LogP contribution in [0.3, 0.4) is 0 Å². The van der Waals surface area contributed by atoms with Crippen LogP contribution in [0.2, 0.25) is 0 Å². The molecule has 0 amide bonds. The predicted molar refractivity (Wildman–Crippen MR) is 143 cm³/mol. The number of β-amino-alcohol motifs (C(OH)–C–C–N with tert-alkyl or cyclic N) is 1. The highest BCUT2D eigenvalue weighted by Crippen LogP contribution is 2.27. The number of ether oxygens (including phenoxy) is 1. The van der Waals surface area contributed by atoms with Gasteiger partial charge in [0.2, 0.25) is 0 Å². The molecule has 3 aromatic carbocycles. The van der Waals surface area contributed by atoms with Crippen molar-refractivity contribution in [1.82, 2.24) is 4.90 Å². The van der Waals surface area contributed by atoms with E-state index >= 15 is 0 Å². The molecule has 1 aliphatic rings. The Hall–Kier alpha value is -3.06. The van der Waals surface area contributed by atoms with Crippen LogP contribution >= 0.6 is 0 Å². The third-order valence-electron chi connectivity index (χ3n) is 7.34. The van der Waals surface area contributed by atoms with E-state index in [4.69, 9.17) is 4.74 Å². The molecule has 0 bridgehead atoms. The highest BCUT2D eigenvalue weighted by Gasteiger charge is 2.27. The van der Waals surface area contributed by atoms with Crippen LogP contribution in [0.5, 0.6) is 0 Å². The van der Waals surface area contributed by atoms with Gasteiger partial charge in [0.15, 0.2) is 0 Å². The maximum absolute atomic E-state index is 14.0. The average molecular weight is 506 g/mol. The van der Waals surface area contributed by atoms with Crippen molar-refractivity contribution >= 4 is 5.97 Å². The van der Waals surface area contributed by atoms with E-state index in [1.54, 1.807) is 26.0 Å². The lowest BCUT2D eigenvalue weighted by Gasteiger charge is -2.27. The van der Waals surface area contributed by atoms with Gasteiger partial charge < -0.3 is 14.9 Å². The lowest BCUT2D eigenvalue weighted by molar-refractivity contribution is -0.0170. The van der Waals surface area contributed by atoms with Crippen LogP contribution in [0.15, 0.2) is 60.7 Å². The van der Waals surface area contributed by atoms with Crippen molar-refractivity contribution in [2.75, 3.05) is 19.7 Å². The first-order valence-corrected chi connectivity index (χ1v) is 12.9. The van der Waals surface area contributed by atoms with Gasteiger partial charge in [0.05, 0.1) is 24.4 Å². The number of aryl methyl sites for hydroxylation is 2. The van der Waals surface area contributed by atoms with Gasteiger partial charge in [-0.2, -0.15) is 0 Å². The van der Waals surface area contributed by atoms with Gasteiger partial charge in [-0.05, 0) is 98.2 Å². The number of rotatable bonds is 10. The second-order valence-electron chi connectivity index (χ2n) is 10.2. The van der Waals surface area contributed by atoms with Crippen LogP contribution < -0.4 is 0 Å². The Labute approximate surface area is 218 Å². The number of hydrogen-bond donors (Lipinski definition) is 2. The molecule has 2 N–H and O–H groups in total. The van der Waals surface area contributed by atoms with Crippen LogP contribution in [0.25, 0.3) is 11.1 Å². The van der Waals surface area contributed by atoms with E-state index in [0.717, 1.165) is 53.6 Å². The Balaban J connectivity index is 1.32. The number of carboxylic acid groups (broad SMARTS) is 1. The molecule has 0 unspecified atom stereocenters. The van der Waals surface area contributed by atoms with Crippen molar-refractivity contribution < 1.29 is 24.1 Å². The molecule has 1 fully saturated rings. The SMILES string of the molecule is Cc1ccc(C[C@@H]2CCCN2C[C@@H](O)CO[C@H](C)c2cccc(-c3ccc(C(=O)O)c(C)c3)c2)cc1F.